The van der Waals surface area contributed by atoms with Crippen LogP contribution in [-0.4, -0.2) is 5.97 Å². The van der Waals surface area contributed by atoms with Crippen molar-refractivity contribution in [3.63, 3.8) is 0 Å². The Morgan fingerprint density at radius 1 is 1.11 bits per heavy atom. The molecule has 1 saturated carbocycles. The molecule has 1 fully saturated rings. The molecule has 0 aliphatic heterocycles. The van der Waals surface area contributed by atoms with Crippen LogP contribution in [0.4, 0.5) is 8.78 Å². The third-order valence-electron chi connectivity index (χ3n) is 5.38. The minimum absolute atomic E-state index is 0.0714. The number of carbonyl (C=O) groups excluding carboxylic acids is 1. The van der Waals surface area contributed by atoms with Crippen molar-refractivity contribution in [1.29, 1.82) is 5.26 Å². The predicted octanol–water partition coefficient (Wildman–Crippen LogP) is 5.74. The van der Waals surface area contributed by atoms with Crippen molar-refractivity contribution in [2.45, 2.75) is 44.9 Å². The minimum Gasteiger partial charge on any atom is -0.423 e. The van der Waals surface area contributed by atoms with Gasteiger partial charge in [0, 0.05) is 6.07 Å². The van der Waals surface area contributed by atoms with Gasteiger partial charge in [0.1, 0.15) is 23.5 Å². The van der Waals surface area contributed by atoms with E-state index in [4.69, 9.17) is 10.00 Å². The molecule has 0 unspecified atom stereocenters. The molecule has 5 heteroatoms. The molecule has 27 heavy (non-hydrogen) atoms. The van der Waals surface area contributed by atoms with Crippen LogP contribution in [0.3, 0.4) is 0 Å². The summed E-state index contributed by atoms with van der Waals surface area (Å²) < 4.78 is 33.1. The fourth-order valence-electron chi connectivity index (χ4n) is 3.67. The van der Waals surface area contributed by atoms with Crippen LogP contribution in [-0.2, 0) is 0 Å². The smallest absolute Gasteiger partial charge is 0.346 e. The lowest BCUT2D eigenvalue weighted by Gasteiger charge is -2.28. The fraction of sp³-hybridized carbons (Fsp3) is 0.364. The van der Waals surface area contributed by atoms with Gasteiger partial charge in [-0.1, -0.05) is 19.4 Å². The van der Waals surface area contributed by atoms with Gasteiger partial charge in [0.05, 0.1) is 11.1 Å². The number of ether oxygens (including phenoxy) is 1. The maximum atomic E-state index is 14.5. The predicted molar refractivity (Wildman–Crippen MR) is 97.5 cm³/mol. The average molecular weight is 369 g/mol. The summed E-state index contributed by atoms with van der Waals surface area (Å²) in [5, 5.41) is 8.72. The standard InChI is InChI=1S/C22H21F2NO2/c1-2-14-3-5-15(6-4-14)16-8-10-19(21(24)11-16)22(26)27-18-9-7-17(13-25)20(23)12-18/h7-12,14-15H,2-6H2,1H3. The number of nitrogens with zero attached hydrogens (tertiary/aromatic N) is 1. The summed E-state index contributed by atoms with van der Waals surface area (Å²) in [4.78, 5) is 12.2. The number of benzene rings is 2. The summed E-state index contributed by atoms with van der Waals surface area (Å²) in [7, 11) is 0. The summed E-state index contributed by atoms with van der Waals surface area (Å²) in [6.07, 6.45) is 5.55. The zero-order chi connectivity index (χ0) is 19.4. The normalized spacial score (nSPS) is 19.3. The Bertz CT molecular complexity index is 880. The molecule has 140 valence electrons. The summed E-state index contributed by atoms with van der Waals surface area (Å²) in [6.45, 7) is 2.20. The summed E-state index contributed by atoms with van der Waals surface area (Å²) in [6, 6.07) is 9.75. The van der Waals surface area contributed by atoms with Crippen LogP contribution in [0.25, 0.3) is 0 Å². The molecule has 0 radical (unpaired) electrons. The van der Waals surface area contributed by atoms with Crippen LogP contribution in [0.15, 0.2) is 36.4 Å². The minimum atomic E-state index is -0.891. The molecule has 0 heterocycles. The van der Waals surface area contributed by atoms with Crippen LogP contribution >= 0.6 is 0 Å². The lowest BCUT2D eigenvalue weighted by atomic mass is 9.78. The van der Waals surface area contributed by atoms with Gasteiger partial charge in [-0.15, -0.1) is 0 Å². The Hall–Kier alpha value is -2.74. The SMILES string of the molecule is CCC1CCC(c2ccc(C(=O)Oc3ccc(C#N)c(F)c3)c(F)c2)CC1. The molecule has 3 nitrogen and oxygen atoms in total. The van der Waals surface area contributed by atoms with Crippen molar-refractivity contribution >= 4 is 5.97 Å². The highest BCUT2D eigenvalue weighted by Crippen LogP contribution is 2.37. The lowest BCUT2D eigenvalue weighted by molar-refractivity contribution is 0.0729. The monoisotopic (exact) mass is 369 g/mol. The van der Waals surface area contributed by atoms with Crippen molar-refractivity contribution in [2.24, 2.45) is 5.92 Å². The first-order valence-corrected chi connectivity index (χ1v) is 9.23. The van der Waals surface area contributed by atoms with Crippen LogP contribution in [0.2, 0.25) is 0 Å². The maximum absolute atomic E-state index is 14.5. The van der Waals surface area contributed by atoms with E-state index in [9.17, 15) is 13.6 Å². The van der Waals surface area contributed by atoms with E-state index >= 15 is 0 Å². The van der Waals surface area contributed by atoms with E-state index < -0.39 is 17.6 Å². The number of rotatable bonds is 4. The number of halogens is 2. The van der Waals surface area contributed by atoms with Crippen molar-refractivity contribution in [1.82, 2.24) is 0 Å². The topological polar surface area (TPSA) is 50.1 Å². The Morgan fingerprint density at radius 3 is 2.44 bits per heavy atom. The van der Waals surface area contributed by atoms with E-state index in [-0.39, 0.29) is 16.9 Å². The molecule has 0 saturated heterocycles. The number of nitriles is 1. The molecule has 3 rings (SSSR count). The van der Waals surface area contributed by atoms with Crippen molar-refractivity contribution in [3.8, 4) is 11.8 Å². The van der Waals surface area contributed by atoms with E-state index in [0.717, 1.165) is 43.2 Å². The summed E-state index contributed by atoms with van der Waals surface area (Å²) >= 11 is 0. The molecule has 0 aromatic heterocycles. The second kappa shape index (κ2) is 8.30. The van der Waals surface area contributed by atoms with Gasteiger partial charge in [-0.05, 0) is 67.3 Å². The molecule has 0 bridgehead atoms. The highest BCUT2D eigenvalue weighted by Gasteiger charge is 2.23. The fourth-order valence-corrected chi connectivity index (χ4v) is 3.67. The molecular formula is C22H21F2NO2. The summed E-state index contributed by atoms with van der Waals surface area (Å²) in [5.74, 6) is -1.31. The van der Waals surface area contributed by atoms with Crippen LogP contribution < -0.4 is 4.74 Å². The number of carbonyl (C=O) groups is 1. The second-order valence-corrected chi connectivity index (χ2v) is 7.01. The quantitative estimate of drug-likeness (QED) is 0.510. The van der Waals surface area contributed by atoms with Gasteiger partial charge in [0.15, 0.2) is 0 Å². The van der Waals surface area contributed by atoms with Gasteiger partial charge in [-0.25, -0.2) is 13.6 Å². The van der Waals surface area contributed by atoms with Crippen LogP contribution in [0.5, 0.6) is 5.75 Å². The van der Waals surface area contributed by atoms with Crippen LogP contribution in [0, 0.1) is 28.9 Å². The molecule has 1 aliphatic rings. The molecule has 0 amide bonds. The first-order valence-electron chi connectivity index (χ1n) is 9.23. The molecule has 2 aromatic carbocycles. The zero-order valence-electron chi connectivity index (χ0n) is 15.2. The maximum Gasteiger partial charge on any atom is 0.346 e. The highest BCUT2D eigenvalue weighted by atomic mass is 19.1. The van der Waals surface area contributed by atoms with Gasteiger partial charge in [0.25, 0.3) is 0 Å². The van der Waals surface area contributed by atoms with Gasteiger partial charge in [0.2, 0.25) is 0 Å². The molecule has 0 N–H and O–H groups in total. The van der Waals surface area contributed by atoms with Gasteiger partial charge >= 0.3 is 5.97 Å². The third-order valence-corrected chi connectivity index (χ3v) is 5.38. The van der Waals surface area contributed by atoms with Crippen LogP contribution in [0.1, 0.15) is 66.4 Å². The Labute approximate surface area is 157 Å². The number of esters is 1. The van der Waals surface area contributed by atoms with E-state index in [0.29, 0.717) is 5.92 Å². The third kappa shape index (κ3) is 4.33. The number of hydrogen-bond acceptors (Lipinski definition) is 3. The van der Waals surface area contributed by atoms with E-state index in [2.05, 4.69) is 6.92 Å². The van der Waals surface area contributed by atoms with Gasteiger partial charge in [-0.2, -0.15) is 5.26 Å². The average Bonchev–Trinajstić information content (AvgIpc) is 2.68. The first-order chi connectivity index (χ1) is 13.0. The Kier molecular flexibility index (Phi) is 5.85. The Morgan fingerprint density at radius 2 is 1.85 bits per heavy atom. The summed E-state index contributed by atoms with van der Waals surface area (Å²) in [5.41, 5.74) is 0.567. The molecule has 0 spiro atoms. The highest BCUT2D eigenvalue weighted by molar-refractivity contribution is 5.91. The largest absolute Gasteiger partial charge is 0.423 e. The van der Waals surface area contributed by atoms with Gasteiger partial charge < -0.3 is 4.74 Å². The van der Waals surface area contributed by atoms with E-state index in [1.165, 1.54) is 30.7 Å². The zero-order valence-corrected chi connectivity index (χ0v) is 15.2. The van der Waals surface area contributed by atoms with E-state index in [1.807, 2.05) is 0 Å². The molecule has 2 aromatic rings. The molecular weight excluding hydrogens is 348 g/mol. The first kappa shape index (κ1) is 19.0. The van der Waals surface area contributed by atoms with Crippen molar-refractivity contribution < 1.29 is 18.3 Å². The lowest BCUT2D eigenvalue weighted by Crippen LogP contribution is -2.14. The molecule has 1 aliphatic carbocycles. The van der Waals surface area contributed by atoms with Crippen molar-refractivity contribution in [2.75, 3.05) is 0 Å². The molecule has 0 atom stereocenters. The number of hydrogen-bond donors (Lipinski definition) is 0. The van der Waals surface area contributed by atoms with E-state index in [1.54, 1.807) is 12.1 Å². The Balaban J connectivity index is 1.71. The second-order valence-electron chi connectivity index (χ2n) is 7.01. The van der Waals surface area contributed by atoms with Crippen molar-refractivity contribution in [3.05, 3.63) is 64.7 Å². The van der Waals surface area contributed by atoms with Gasteiger partial charge in [-0.3, -0.25) is 0 Å².